The normalized spacial score (nSPS) is 10.6. The molecule has 1 amide bonds. The number of rotatable bonds is 10. The number of methoxy groups -OCH3 is 3. The number of amides is 1. The summed E-state index contributed by atoms with van der Waals surface area (Å²) in [5.74, 6) is 0.651. The molecule has 2 aromatic heterocycles. The van der Waals surface area contributed by atoms with Gasteiger partial charge >= 0.3 is 12.1 Å². The van der Waals surface area contributed by atoms with Crippen LogP contribution in [0.15, 0.2) is 24.8 Å². The maximum atomic E-state index is 11.9. The van der Waals surface area contributed by atoms with Crippen molar-refractivity contribution in [2.24, 2.45) is 0 Å². The first kappa shape index (κ1) is 24.5. The fourth-order valence-electron chi connectivity index (χ4n) is 3.34. The molecule has 11 heteroatoms. The lowest BCUT2D eigenvalue weighted by Crippen LogP contribution is -2.15. The minimum Gasteiger partial charge on any atom is -0.496 e. The van der Waals surface area contributed by atoms with Crippen LogP contribution in [-0.2, 0) is 16.0 Å². The highest BCUT2D eigenvalue weighted by Gasteiger charge is 2.20. The number of carbonyl (C=O) groups excluding carboxylic acids is 2. The summed E-state index contributed by atoms with van der Waals surface area (Å²) in [4.78, 5) is 32.6. The van der Waals surface area contributed by atoms with E-state index in [0.29, 0.717) is 46.9 Å². The van der Waals surface area contributed by atoms with Gasteiger partial charge in [-0.3, -0.25) is 10.00 Å². The number of ether oxygens (including phenoxy) is 3. The molecule has 1 aromatic carbocycles. The topological polar surface area (TPSA) is 129 Å². The minimum absolute atomic E-state index is 0.0843. The lowest BCUT2D eigenvalue weighted by molar-refractivity contribution is 0.0600. The summed E-state index contributed by atoms with van der Waals surface area (Å²) in [7, 11) is 4.12. The van der Waals surface area contributed by atoms with Gasteiger partial charge in [0, 0.05) is 12.1 Å². The number of hydrogen-bond acceptors (Lipinski definition) is 9. The van der Waals surface area contributed by atoms with Crippen molar-refractivity contribution in [2.45, 2.75) is 26.3 Å². The van der Waals surface area contributed by atoms with E-state index in [1.54, 1.807) is 29.0 Å². The zero-order chi connectivity index (χ0) is 24.7. The van der Waals surface area contributed by atoms with Crippen molar-refractivity contribution in [3.63, 3.8) is 0 Å². The van der Waals surface area contributed by atoms with Gasteiger partial charge in [-0.1, -0.05) is 26.0 Å². The zero-order valence-corrected chi connectivity index (χ0v) is 19.7. The van der Waals surface area contributed by atoms with E-state index in [0.717, 1.165) is 18.4 Å². The highest BCUT2D eigenvalue weighted by atomic mass is 16.5. The van der Waals surface area contributed by atoms with E-state index in [9.17, 15) is 9.59 Å². The van der Waals surface area contributed by atoms with Crippen molar-refractivity contribution >= 4 is 40.9 Å². The summed E-state index contributed by atoms with van der Waals surface area (Å²) in [5, 5.41) is 10.5. The van der Waals surface area contributed by atoms with Crippen LogP contribution in [-0.4, -0.2) is 59.7 Å². The first-order valence-electron chi connectivity index (χ1n) is 10.7. The van der Waals surface area contributed by atoms with Crippen molar-refractivity contribution < 1.29 is 23.8 Å². The van der Waals surface area contributed by atoms with Gasteiger partial charge in [-0.25, -0.2) is 14.6 Å². The van der Waals surface area contributed by atoms with E-state index in [4.69, 9.17) is 9.47 Å². The molecule has 180 valence electrons. The van der Waals surface area contributed by atoms with E-state index in [1.165, 1.54) is 21.3 Å². The highest BCUT2D eigenvalue weighted by molar-refractivity contribution is 5.94. The number of esters is 1. The predicted molar refractivity (Wildman–Crippen MR) is 128 cm³/mol. The molecule has 0 spiro atoms. The van der Waals surface area contributed by atoms with Gasteiger partial charge < -0.3 is 19.5 Å². The molecule has 3 aromatic rings. The number of anilines is 2. The third-order valence-corrected chi connectivity index (χ3v) is 5.06. The average Bonchev–Trinajstić information content (AvgIpc) is 3.21. The van der Waals surface area contributed by atoms with Crippen molar-refractivity contribution in [1.82, 2.24) is 19.7 Å². The quantitative estimate of drug-likeness (QED) is 0.338. The molecule has 0 radical (unpaired) electrons. The van der Waals surface area contributed by atoms with Crippen LogP contribution >= 0.6 is 0 Å². The van der Waals surface area contributed by atoms with Crippen molar-refractivity contribution in [2.75, 3.05) is 38.5 Å². The van der Waals surface area contributed by atoms with Gasteiger partial charge in [-0.15, -0.1) is 0 Å². The fourth-order valence-corrected chi connectivity index (χ4v) is 3.34. The molecular weight excluding hydrogens is 440 g/mol. The number of unbranched alkanes of at least 4 members (excludes halogenated alkanes) is 1. The summed E-state index contributed by atoms with van der Waals surface area (Å²) < 4.78 is 16.7. The number of nitrogens with one attached hydrogen (secondary N) is 2. The Kier molecular flexibility index (Phi) is 8.01. The van der Waals surface area contributed by atoms with E-state index in [-0.39, 0.29) is 5.95 Å². The molecular formula is C23H28N6O5. The van der Waals surface area contributed by atoms with E-state index in [2.05, 4.69) is 43.9 Å². The third-order valence-electron chi connectivity index (χ3n) is 5.06. The lowest BCUT2D eigenvalue weighted by atomic mass is 10.1. The third kappa shape index (κ3) is 5.25. The Morgan fingerprint density at radius 3 is 2.62 bits per heavy atom. The first-order valence-corrected chi connectivity index (χ1v) is 10.7. The Bertz CT molecular complexity index is 1210. The fraction of sp³-hybridized carbons (Fsp3) is 0.348. The molecule has 0 bridgehead atoms. The summed E-state index contributed by atoms with van der Waals surface area (Å²) in [6.45, 7) is 6.91. The molecule has 0 unspecified atom stereocenters. The van der Waals surface area contributed by atoms with Crippen LogP contribution in [0.2, 0.25) is 0 Å². The molecule has 0 aliphatic heterocycles. The van der Waals surface area contributed by atoms with Crippen LogP contribution in [0.25, 0.3) is 17.1 Å². The number of hydrogen-bond donors (Lipinski definition) is 2. The molecule has 0 aliphatic rings. The lowest BCUT2D eigenvalue weighted by Gasteiger charge is -2.13. The van der Waals surface area contributed by atoms with Crippen LogP contribution in [0.1, 0.15) is 41.4 Å². The molecule has 34 heavy (non-hydrogen) atoms. The maximum Gasteiger partial charge on any atom is 0.413 e. The van der Waals surface area contributed by atoms with Gasteiger partial charge in [0.2, 0.25) is 5.95 Å². The molecule has 2 N–H and O–H groups in total. The second kappa shape index (κ2) is 11.1. The largest absolute Gasteiger partial charge is 0.496 e. The van der Waals surface area contributed by atoms with Crippen molar-refractivity contribution in [3.05, 3.63) is 41.6 Å². The Morgan fingerprint density at radius 2 is 1.97 bits per heavy atom. The molecule has 0 saturated heterocycles. The average molecular weight is 469 g/mol. The number of aromatic nitrogens is 4. The Hall–Kier alpha value is -4.15. The Labute approximate surface area is 197 Å². The predicted octanol–water partition coefficient (Wildman–Crippen LogP) is 3.70. The van der Waals surface area contributed by atoms with Gasteiger partial charge in [-0.05, 0) is 24.6 Å². The first-order chi connectivity index (χ1) is 16.4. The molecule has 0 aliphatic carbocycles. The maximum absolute atomic E-state index is 11.9. The molecule has 3 rings (SSSR count). The molecule has 11 nitrogen and oxygen atoms in total. The standard InChI is InChI=1S/C23H28N6O5/c1-6-8-11-24-20-19-18(25-22(26-20)27-23(31)34-5)16(7-2)28-29(19)13-15-10-9-14(21(30)33-4)12-17(15)32-3/h7,9-10,12H,2,6,8,11,13H2,1,3-5H3,(H2,24,25,26,27,31). The summed E-state index contributed by atoms with van der Waals surface area (Å²) >= 11 is 0. The molecule has 0 atom stereocenters. The smallest absolute Gasteiger partial charge is 0.413 e. The van der Waals surface area contributed by atoms with Crippen LogP contribution in [0.4, 0.5) is 16.6 Å². The van der Waals surface area contributed by atoms with Gasteiger partial charge in [0.05, 0.1) is 33.4 Å². The van der Waals surface area contributed by atoms with Gasteiger partial charge in [0.25, 0.3) is 0 Å². The SMILES string of the molecule is C=Cc1nn(Cc2ccc(C(=O)OC)cc2OC)c2c(NCCCC)nc(NC(=O)OC)nc12. The highest BCUT2D eigenvalue weighted by Crippen LogP contribution is 2.29. The number of benzene rings is 1. The monoisotopic (exact) mass is 468 g/mol. The molecule has 0 saturated carbocycles. The number of nitrogens with zero attached hydrogens (tertiary/aromatic N) is 4. The van der Waals surface area contributed by atoms with E-state index >= 15 is 0 Å². The molecule has 2 heterocycles. The van der Waals surface area contributed by atoms with Crippen molar-refractivity contribution in [1.29, 1.82) is 0 Å². The molecule has 0 fully saturated rings. The second-order valence-corrected chi connectivity index (χ2v) is 7.26. The Balaban J connectivity index is 2.11. The summed E-state index contributed by atoms with van der Waals surface area (Å²) in [6.07, 6.45) is 2.83. The minimum atomic E-state index is -0.679. The zero-order valence-electron chi connectivity index (χ0n) is 19.7. The van der Waals surface area contributed by atoms with Crippen LogP contribution in [0.3, 0.4) is 0 Å². The Morgan fingerprint density at radius 1 is 1.18 bits per heavy atom. The summed E-state index contributed by atoms with van der Waals surface area (Å²) in [6, 6.07) is 5.07. The van der Waals surface area contributed by atoms with E-state index in [1.807, 2.05) is 0 Å². The van der Waals surface area contributed by atoms with Crippen LogP contribution in [0, 0.1) is 0 Å². The van der Waals surface area contributed by atoms with E-state index < -0.39 is 12.1 Å². The van der Waals surface area contributed by atoms with Crippen molar-refractivity contribution in [3.8, 4) is 5.75 Å². The number of fused-ring (bicyclic) bond motifs is 1. The van der Waals surface area contributed by atoms with Gasteiger partial charge in [0.1, 0.15) is 22.5 Å². The summed E-state index contributed by atoms with van der Waals surface area (Å²) in [5.41, 5.74) is 2.84. The second-order valence-electron chi connectivity index (χ2n) is 7.26. The number of carbonyl (C=O) groups is 2. The van der Waals surface area contributed by atoms with Gasteiger partial charge in [0.15, 0.2) is 5.82 Å². The van der Waals surface area contributed by atoms with Crippen LogP contribution in [0.5, 0.6) is 5.75 Å². The van der Waals surface area contributed by atoms with Crippen LogP contribution < -0.4 is 15.4 Å². The van der Waals surface area contributed by atoms with Gasteiger partial charge in [-0.2, -0.15) is 10.1 Å².